The van der Waals surface area contributed by atoms with Gasteiger partial charge in [-0.05, 0) is 30.3 Å². The Morgan fingerprint density at radius 1 is 1.04 bits per heavy atom. The Labute approximate surface area is 150 Å². The molecule has 27 heavy (non-hydrogen) atoms. The zero-order valence-corrected chi connectivity index (χ0v) is 14.4. The van der Waals surface area contributed by atoms with E-state index in [9.17, 15) is 26.4 Å². The van der Waals surface area contributed by atoms with Gasteiger partial charge in [0, 0.05) is 6.07 Å². The van der Waals surface area contributed by atoms with Crippen molar-refractivity contribution >= 4 is 20.8 Å². The fourth-order valence-electron chi connectivity index (χ4n) is 2.37. The van der Waals surface area contributed by atoms with Crippen LogP contribution >= 0.6 is 0 Å². The van der Waals surface area contributed by atoms with Crippen LogP contribution in [0.15, 0.2) is 67.7 Å². The molecule has 0 amide bonds. The fourth-order valence-corrected chi connectivity index (χ4v) is 3.68. The van der Waals surface area contributed by atoms with E-state index >= 15 is 0 Å². The van der Waals surface area contributed by atoms with Gasteiger partial charge in [0.2, 0.25) is 15.3 Å². The van der Waals surface area contributed by atoms with E-state index in [0.717, 1.165) is 24.5 Å². The topological polar surface area (TPSA) is 82.8 Å². The zero-order chi connectivity index (χ0) is 19.8. The third-order valence-electron chi connectivity index (χ3n) is 3.59. The lowest BCUT2D eigenvalue weighted by atomic mass is 10.2. The second kappa shape index (κ2) is 6.62. The molecule has 0 aliphatic carbocycles. The van der Waals surface area contributed by atoms with E-state index in [0.29, 0.717) is 11.8 Å². The van der Waals surface area contributed by atoms with Crippen molar-refractivity contribution in [3.63, 3.8) is 0 Å². The van der Waals surface area contributed by atoms with Crippen LogP contribution in [-0.4, -0.2) is 21.9 Å². The van der Waals surface area contributed by atoms with E-state index in [1.165, 1.54) is 25.3 Å². The molecule has 0 saturated heterocycles. The van der Waals surface area contributed by atoms with Crippen LogP contribution in [0.1, 0.15) is 0 Å². The van der Waals surface area contributed by atoms with E-state index < -0.39 is 37.2 Å². The standard InChI is InChI=1S/C17H11F3O6S/c1-24-10-5-6-13-14(8-10)25-9-15(16(13)21)27(22,23)12-4-2-3-11(7-12)26-17(18,19)20/h2-9H,1H3. The monoisotopic (exact) mass is 400 g/mol. The number of hydrogen-bond acceptors (Lipinski definition) is 6. The Kier molecular flexibility index (Phi) is 4.60. The minimum Gasteiger partial charge on any atom is -0.497 e. The summed E-state index contributed by atoms with van der Waals surface area (Å²) in [4.78, 5) is 11.3. The number of benzene rings is 2. The average molecular weight is 400 g/mol. The fraction of sp³-hybridized carbons (Fsp3) is 0.118. The van der Waals surface area contributed by atoms with Crippen molar-refractivity contribution in [2.45, 2.75) is 16.2 Å². The highest BCUT2D eigenvalue weighted by molar-refractivity contribution is 7.91. The highest BCUT2D eigenvalue weighted by Crippen LogP contribution is 2.28. The number of ether oxygens (including phenoxy) is 2. The van der Waals surface area contributed by atoms with Crippen molar-refractivity contribution in [3.8, 4) is 11.5 Å². The van der Waals surface area contributed by atoms with Gasteiger partial charge in [-0.2, -0.15) is 0 Å². The van der Waals surface area contributed by atoms with Crippen molar-refractivity contribution in [2.75, 3.05) is 7.11 Å². The number of halogens is 3. The molecule has 10 heteroatoms. The number of methoxy groups -OCH3 is 1. The van der Waals surface area contributed by atoms with Gasteiger partial charge in [0.15, 0.2) is 4.90 Å². The molecular weight excluding hydrogens is 389 g/mol. The quantitative estimate of drug-likeness (QED) is 0.666. The first-order valence-corrected chi connectivity index (χ1v) is 8.80. The summed E-state index contributed by atoms with van der Waals surface area (Å²) >= 11 is 0. The highest BCUT2D eigenvalue weighted by Gasteiger charge is 2.32. The summed E-state index contributed by atoms with van der Waals surface area (Å²) in [5.74, 6) is -0.322. The number of hydrogen-bond donors (Lipinski definition) is 0. The second-order valence-electron chi connectivity index (χ2n) is 5.32. The summed E-state index contributed by atoms with van der Waals surface area (Å²) in [7, 11) is -3.03. The van der Waals surface area contributed by atoms with Crippen LogP contribution in [0.25, 0.3) is 11.0 Å². The number of alkyl halides is 3. The summed E-state index contributed by atoms with van der Waals surface area (Å²) < 4.78 is 76.4. The number of rotatable bonds is 4. The maximum Gasteiger partial charge on any atom is 0.573 e. The predicted octanol–water partition coefficient (Wildman–Crippen LogP) is 3.53. The number of fused-ring (bicyclic) bond motifs is 1. The SMILES string of the molecule is COc1ccc2c(=O)c(S(=O)(=O)c3cccc(OC(F)(F)F)c3)coc2c1. The molecule has 0 aliphatic rings. The first-order valence-electron chi connectivity index (χ1n) is 7.32. The van der Waals surface area contributed by atoms with Crippen molar-refractivity contribution < 1.29 is 35.5 Å². The Morgan fingerprint density at radius 3 is 2.44 bits per heavy atom. The molecule has 0 atom stereocenters. The van der Waals surface area contributed by atoms with Gasteiger partial charge in [0.05, 0.1) is 17.4 Å². The maximum atomic E-state index is 12.7. The van der Waals surface area contributed by atoms with Crippen molar-refractivity contribution in [3.05, 3.63) is 59.0 Å². The van der Waals surface area contributed by atoms with Crippen molar-refractivity contribution in [1.82, 2.24) is 0 Å². The van der Waals surface area contributed by atoms with Gasteiger partial charge in [-0.3, -0.25) is 4.79 Å². The smallest absolute Gasteiger partial charge is 0.497 e. The summed E-state index contributed by atoms with van der Waals surface area (Å²) in [6.07, 6.45) is -4.24. The van der Waals surface area contributed by atoms with Crippen LogP contribution < -0.4 is 14.9 Å². The molecule has 1 heterocycles. The molecule has 6 nitrogen and oxygen atoms in total. The minimum atomic E-state index is -4.98. The molecule has 0 bridgehead atoms. The normalized spacial score (nSPS) is 12.1. The van der Waals surface area contributed by atoms with E-state index in [2.05, 4.69) is 4.74 Å². The molecule has 0 radical (unpaired) electrons. The largest absolute Gasteiger partial charge is 0.573 e. The van der Waals surface area contributed by atoms with Gasteiger partial charge in [-0.1, -0.05) is 6.07 Å². The summed E-state index contributed by atoms with van der Waals surface area (Å²) in [6.45, 7) is 0. The molecule has 142 valence electrons. The lowest BCUT2D eigenvalue weighted by molar-refractivity contribution is -0.274. The Hall–Kier alpha value is -3.01. The van der Waals surface area contributed by atoms with Crippen molar-refractivity contribution in [1.29, 1.82) is 0 Å². The van der Waals surface area contributed by atoms with E-state index in [-0.39, 0.29) is 11.0 Å². The van der Waals surface area contributed by atoms with Crippen molar-refractivity contribution in [2.24, 2.45) is 0 Å². The Balaban J connectivity index is 2.11. The van der Waals surface area contributed by atoms with Gasteiger partial charge >= 0.3 is 6.36 Å². The lowest BCUT2D eigenvalue weighted by Gasteiger charge is -2.10. The summed E-state index contributed by atoms with van der Waals surface area (Å²) in [5.41, 5.74) is -0.742. The third-order valence-corrected chi connectivity index (χ3v) is 5.32. The van der Waals surface area contributed by atoms with E-state index in [1.807, 2.05) is 0 Å². The first kappa shape index (κ1) is 18.8. The first-order chi connectivity index (χ1) is 12.6. The zero-order valence-electron chi connectivity index (χ0n) is 13.6. The highest BCUT2D eigenvalue weighted by atomic mass is 32.2. The van der Waals surface area contributed by atoms with E-state index in [1.54, 1.807) is 0 Å². The Morgan fingerprint density at radius 2 is 1.78 bits per heavy atom. The minimum absolute atomic E-state index is 0.0143. The molecule has 0 saturated carbocycles. The molecule has 2 aromatic carbocycles. The molecule has 0 aliphatic heterocycles. The third kappa shape index (κ3) is 3.75. The van der Waals surface area contributed by atoms with Gasteiger partial charge < -0.3 is 13.9 Å². The maximum absolute atomic E-state index is 12.7. The number of sulfone groups is 1. The predicted molar refractivity (Wildman–Crippen MR) is 87.6 cm³/mol. The molecule has 3 rings (SSSR count). The van der Waals surface area contributed by atoms with Gasteiger partial charge in [0.1, 0.15) is 23.3 Å². The molecule has 0 N–H and O–H groups in total. The molecule has 0 fully saturated rings. The van der Waals surface area contributed by atoms with Gasteiger partial charge in [-0.25, -0.2) is 8.42 Å². The van der Waals surface area contributed by atoms with Crippen LogP contribution in [0, 0.1) is 0 Å². The van der Waals surface area contributed by atoms with E-state index in [4.69, 9.17) is 9.15 Å². The lowest BCUT2D eigenvalue weighted by Crippen LogP contribution is -2.18. The van der Waals surface area contributed by atoms with Gasteiger partial charge in [0.25, 0.3) is 0 Å². The van der Waals surface area contributed by atoms with Crippen LogP contribution in [0.3, 0.4) is 0 Å². The van der Waals surface area contributed by atoms with Crippen LogP contribution in [0.4, 0.5) is 13.2 Å². The summed E-state index contributed by atoms with van der Waals surface area (Å²) in [6, 6.07) is 7.94. The van der Waals surface area contributed by atoms with Crippen LogP contribution in [0.2, 0.25) is 0 Å². The van der Waals surface area contributed by atoms with Crippen LogP contribution in [-0.2, 0) is 9.84 Å². The average Bonchev–Trinajstić information content (AvgIpc) is 2.60. The molecule has 0 unspecified atom stereocenters. The molecule has 0 spiro atoms. The molecule has 3 aromatic rings. The van der Waals surface area contributed by atoms with Gasteiger partial charge in [-0.15, -0.1) is 13.2 Å². The second-order valence-corrected chi connectivity index (χ2v) is 7.24. The van der Waals surface area contributed by atoms with Crippen LogP contribution in [0.5, 0.6) is 11.5 Å². The molecular formula is C17H11F3O6S. The summed E-state index contributed by atoms with van der Waals surface area (Å²) in [5, 5.41) is -0.0143. The molecule has 1 aromatic heterocycles. The Bertz CT molecular complexity index is 1170.